The summed E-state index contributed by atoms with van der Waals surface area (Å²) in [6.07, 6.45) is 0.808. The van der Waals surface area contributed by atoms with Gasteiger partial charge in [-0.3, -0.25) is 4.68 Å². The molecule has 0 aliphatic heterocycles. The fraction of sp³-hybridized carbons (Fsp3) is 0.308. The first-order chi connectivity index (χ1) is 8.47. The second kappa shape index (κ2) is 4.86. The van der Waals surface area contributed by atoms with Crippen molar-refractivity contribution in [2.45, 2.75) is 19.4 Å². The van der Waals surface area contributed by atoms with E-state index in [1.807, 2.05) is 0 Å². The largest absolute Gasteiger partial charge is 0.388 e. The van der Waals surface area contributed by atoms with Gasteiger partial charge in [0.1, 0.15) is 11.6 Å². The van der Waals surface area contributed by atoms with Gasteiger partial charge in [0, 0.05) is 25.2 Å². The molecule has 1 N–H and O–H groups in total. The molecule has 5 heteroatoms. The zero-order valence-electron chi connectivity index (χ0n) is 10.2. The zero-order valence-corrected chi connectivity index (χ0v) is 10.2. The number of benzene rings is 1. The van der Waals surface area contributed by atoms with Crippen molar-refractivity contribution in [3.63, 3.8) is 0 Å². The minimum Gasteiger partial charge on any atom is -0.388 e. The third kappa shape index (κ3) is 2.56. The van der Waals surface area contributed by atoms with Crippen LogP contribution in [0.1, 0.15) is 22.9 Å². The summed E-state index contributed by atoms with van der Waals surface area (Å²) in [5.41, 5.74) is 1.47. The maximum atomic E-state index is 13.5. The smallest absolute Gasteiger partial charge is 0.126 e. The maximum absolute atomic E-state index is 13.5. The van der Waals surface area contributed by atoms with Crippen LogP contribution in [0.4, 0.5) is 8.78 Å². The molecule has 0 amide bonds. The zero-order chi connectivity index (χ0) is 13.3. The average Bonchev–Trinajstić information content (AvgIpc) is 2.63. The topological polar surface area (TPSA) is 38.0 Å². The predicted octanol–water partition coefficient (Wildman–Crippen LogP) is 2.28. The molecule has 0 saturated heterocycles. The second-order valence-electron chi connectivity index (χ2n) is 4.30. The Balaban J connectivity index is 2.23. The van der Waals surface area contributed by atoms with Gasteiger partial charge in [-0.2, -0.15) is 5.10 Å². The van der Waals surface area contributed by atoms with Crippen LogP contribution in [-0.4, -0.2) is 14.9 Å². The highest BCUT2D eigenvalue weighted by molar-refractivity contribution is 5.24. The number of aryl methyl sites for hydroxylation is 2. The molecule has 18 heavy (non-hydrogen) atoms. The highest BCUT2D eigenvalue weighted by Crippen LogP contribution is 2.22. The van der Waals surface area contributed by atoms with Gasteiger partial charge in [-0.15, -0.1) is 0 Å². The van der Waals surface area contributed by atoms with E-state index in [9.17, 15) is 13.9 Å². The Kier molecular flexibility index (Phi) is 3.43. The molecule has 2 rings (SSSR count). The first-order valence-corrected chi connectivity index (χ1v) is 5.59. The summed E-state index contributed by atoms with van der Waals surface area (Å²) in [7, 11) is 1.74. The summed E-state index contributed by atoms with van der Waals surface area (Å²) >= 11 is 0. The maximum Gasteiger partial charge on any atom is 0.126 e. The monoisotopic (exact) mass is 252 g/mol. The summed E-state index contributed by atoms with van der Waals surface area (Å²) < 4.78 is 28.1. The van der Waals surface area contributed by atoms with Crippen LogP contribution in [0.5, 0.6) is 0 Å². The minimum atomic E-state index is -0.894. The molecule has 1 atom stereocenters. The molecule has 2 aromatic rings. The average molecular weight is 252 g/mol. The third-order valence-corrected chi connectivity index (χ3v) is 2.83. The third-order valence-electron chi connectivity index (χ3n) is 2.83. The van der Waals surface area contributed by atoms with Crippen molar-refractivity contribution in [2.24, 2.45) is 7.05 Å². The predicted molar refractivity (Wildman–Crippen MR) is 63.0 cm³/mol. The molecule has 0 radical (unpaired) electrons. The highest BCUT2D eigenvalue weighted by Gasteiger charge is 2.16. The van der Waals surface area contributed by atoms with E-state index in [-0.39, 0.29) is 12.0 Å². The lowest BCUT2D eigenvalue weighted by molar-refractivity contribution is 0.176. The molecule has 96 valence electrons. The highest BCUT2D eigenvalue weighted by atomic mass is 19.1. The fourth-order valence-electron chi connectivity index (χ4n) is 1.96. The SMILES string of the molecule is Cc1nn(C)cc1C(O)Cc1cc(F)ccc1F. The summed E-state index contributed by atoms with van der Waals surface area (Å²) in [6, 6.07) is 3.22. The van der Waals surface area contributed by atoms with Gasteiger partial charge in [-0.05, 0) is 30.7 Å². The fourth-order valence-corrected chi connectivity index (χ4v) is 1.96. The number of aliphatic hydroxyl groups excluding tert-OH is 1. The van der Waals surface area contributed by atoms with Crippen LogP contribution >= 0.6 is 0 Å². The molecule has 1 heterocycles. The number of nitrogens with zero attached hydrogens (tertiary/aromatic N) is 2. The molecule has 0 aliphatic rings. The van der Waals surface area contributed by atoms with Gasteiger partial charge in [0.2, 0.25) is 0 Å². The van der Waals surface area contributed by atoms with E-state index in [2.05, 4.69) is 5.10 Å². The van der Waals surface area contributed by atoms with Gasteiger partial charge >= 0.3 is 0 Å². The van der Waals surface area contributed by atoms with Crippen molar-refractivity contribution in [2.75, 3.05) is 0 Å². The van der Waals surface area contributed by atoms with Crippen molar-refractivity contribution in [3.8, 4) is 0 Å². The van der Waals surface area contributed by atoms with Crippen LogP contribution in [0.3, 0.4) is 0 Å². The number of hydrogen-bond donors (Lipinski definition) is 1. The summed E-state index contributed by atoms with van der Waals surface area (Å²) in [5.74, 6) is -1.03. The summed E-state index contributed by atoms with van der Waals surface area (Å²) in [4.78, 5) is 0. The molecule has 1 aromatic heterocycles. The quantitative estimate of drug-likeness (QED) is 0.910. The van der Waals surface area contributed by atoms with E-state index in [1.54, 1.807) is 24.9 Å². The molecule has 0 spiro atoms. The number of halogens is 2. The van der Waals surface area contributed by atoms with Gasteiger partial charge in [-0.1, -0.05) is 0 Å². The molecular formula is C13H14F2N2O. The van der Waals surface area contributed by atoms with Gasteiger partial charge in [-0.25, -0.2) is 8.78 Å². The standard InChI is InChI=1S/C13H14F2N2O/c1-8-11(7-17(2)16-8)13(18)6-9-5-10(14)3-4-12(9)15/h3-5,7,13,18H,6H2,1-2H3. The number of rotatable bonds is 3. The lowest BCUT2D eigenvalue weighted by atomic mass is 10.0. The molecule has 0 fully saturated rings. The van der Waals surface area contributed by atoms with Crippen LogP contribution in [-0.2, 0) is 13.5 Å². The van der Waals surface area contributed by atoms with Gasteiger partial charge in [0.15, 0.2) is 0 Å². The Morgan fingerprint density at radius 3 is 2.72 bits per heavy atom. The first-order valence-electron chi connectivity index (χ1n) is 5.59. The van der Waals surface area contributed by atoms with E-state index >= 15 is 0 Å². The van der Waals surface area contributed by atoms with Gasteiger partial charge in [0.05, 0.1) is 11.8 Å². The van der Waals surface area contributed by atoms with E-state index in [0.717, 1.165) is 18.2 Å². The molecular weight excluding hydrogens is 238 g/mol. The van der Waals surface area contributed by atoms with Crippen molar-refractivity contribution >= 4 is 0 Å². The Morgan fingerprint density at radius 2 is 2.11 bits per heavy atom. The van der Waals surface area contributed by atoms with E-state index < -0.39 is 17.7 Å². The van der Waals surface area contributed by atoms with Crippen molar-refractivity contribution < 1.29 is 13.9 Å². The van der Waals surface area contributed by atoms with Crippen LogP contribution in [0.25, 0.3) is 0 Å². The molecule has 1 unspecified atom stereocenters. The lowest BCUT2D eigenvalue weighted by Crippen LogP contribution is -2.04. The first kappa shape index (κ1) is 12.7. The molecule has 0 bridgehead atoms. The Hall–Kier alpha value is -1.75. The summed E-state index contributed by atoms with van der Waals surface area (Å²) in [5, 5.41) is 14.1. The van der Waals surface area contributed by atoms with E-state index in [4.69, 9.17) is 0 Å². The van der Waals surface area contributed by atoms with Gasteiger partial charge in [0.25, 0.3) is 0 Å². The molecule has 3 nitrogen and oxygen atoms in total. The molecule has 0 aliphatic carbocycles. The van der Waals surface area contributed by atoms with Crippen LogP contribution < -0.4 is 0 Å². The van der Waals surface area contributed by atoms with Crippen LogP contribution in [0, 0.1) is 18.6 Å². The van der Waals surface area contributed by atoms with Crippen molar-refractivity contribution in [3.05, 3.63) is 52.9 Å². The number of aliphatic hydroxyl groups is 1. The van der Waals surface area contributed by atoms with Crippen molar-refractivity contribution in [1.82, 2.24) is 9.78 Å². The number of hydrogen-bond acceptors (Lipinski definition) is 2. The van der Waals surface area contributed by atoms with E-state index in [1.165, 1.54) is 0 Å². The Morgan fingerprint density at radius 1 is 1.39 bits per heavy atom. The van der Waals surface area contributed by atoms with Crippen LogP contribution in [0.2, 0.25) is 0 Å². The van der Waals surface area contributed by atoms with Crippen LogP contribution in [0.15, 0.2) is 24.4 Å². The van der Waals surface area contributed by atoms with E-state index in [0.29, 0.717) is 11.3 Å². The molecule has 1 aromatic carbocycles. The second-order valence-corrected chi connectivity index (χ2v) is 4.30. The molecule has 0 saturated carbocycles. The van der Waals surface area contributed by atoms with Gasteiger partial charge < -0.3 is 5.11 Å². The Labute approximate surface area is 104 Å². The minimum absolute atomic E-state index is 0.0239. The summed E-state index contributed by atoms with van der Waals surface area (Å²) in [6.45, 7) is 1.76. The van der Waals surface area contributed by atoms with Crippen molar-refractivity contribution in [1.29, 1.82) is 0 Å². The lowest BCUT2D eigenvalue weighted by Gasteiger charge is -2.10. The normalized spacial score (nSPS) is 12.7. The number of aromatic nitrogens is 2. The Bertz CT molecular complexity index is 566.